The number of hydrogen-bond donors (Lipinski definition) is 1. The Morgan fingerprint density at radius 3 is 2.42 bits per heavy atom. The molecule has 0 fully saturated rings. The minimum absolute atomic E-state index is 0.398. The molecule has 0 bridgehead atoms. The molecule has 0 heterocycles. The van der Waals surface area contributed by atoms with Gasteiger partial charge in [0.15, 0.2) is 11.5 Å². The van der Waals surface area contributed by atoms with Gasteiger partial charge in [0.05, 0.1) is 12.1 Å². The van der Waals surface area contributed by atoms with E-state index < -0.39 is 0 Å². The third-order valence-corrected chi connectivity index (χ3v) is 4.41. The van der Waals surface area contributed by atoms with Gasteiger partial charge in [0.25, 0.3) is 0 Å². The zero-order valence-electron chi connectivity index (χ0n) is 15.5. The van der Waals surface area contributed by atoms with Crippen LogP contribution in [0.1, 0.15) is 17.5 Å². The lowest BCUT2D eigenvalue weighted by Gasteiger charge is -2.15. The van der Waals surface area contributed by atoms with E-state index in [0.717, 1.165) is 37.2 Å². The monoisotopic (exact) mass is 396 g/mol. The Morgan fingerprint density at radius 2 is 1.77 bits per heavy atom. The van der Waals surface area contributed by atoms with Crippen molar-refractivity contribution in [2.24, 2.45) is 0 Å². The van der Waals surface area contributed by atoms with Crippen molar-refractivity contribution in [2.45, 2.75) is 19.6 Å². The average molecular weight is 397 g/mol. The molecule has 0 saturated carbocycles. The molecule has 0 aliphatic carbocycles. The van der Waals surface area contributed by atoms with E-state index in [1.165, 1.54) is 0 Å². The molecule has 0 unspecified atom stereocenters. The fraction of sp³-hybridized carbons (Fsp3) is 0.400. The SMILES string of the molecule is COc1cc(CNCCCN(C)C)cc(Cl)c1OCc1ccc(Cl)cc1. The Hall–Kier alpha value is -1.46. The van der Waals surface area contributed by atoms with E-state index >= 15 is 0 Å². The molecule has 0 atom stereocenters. The number of nitrogens with one attached hydrogen (secondary N) is 1. The van der Waals surface area contributed by atoms with Gasteiger partial charge in [-0.1, -0.05) is 35.3 Å². The lowest BCUT2D eigenvalue weighted by atomic mass is 10.2. The van der Waals surface area contributed by atoms with Crippen molar-refractivity contribution in [2.75, 3.05) is 34.3 Å². The van der Waals surface area contributed by atoms with E-state index in [2.05, 4.69) is 24.3 Å². The second-order valence-electron chi connectivity index (χ2n) is 6.36. The van der Waals surface area contributed by atoms with Crippen LogP contribution in [0, 0.1) is 0 Å². The highest BCUT2D eigenvalue weighted by Gasteiger charge is 2.12. The summed E-state index contributed by atoms with van der Waals surface area (Å²) >= 11 is 12.3. The molecule has 2 aromatic rings. The first kappa shape index (κ1) is 20.8. The normalized spacial score (nSPS) is 11.0. The number of hydrogen-bond acceptors (Lipinski definition) is 4. The molecule has 26 heavy (non-hydrogen) atoms. The average Bonchev–Trinajstić information content (AvgIpc) is 2.61. The molecule has 2 rings (SSSR count). The van der Waals surface area contributed by atoms with Gasteiger partial charge in [0.2, 0.25) is 0 Å². The smallest absolute Gasteiger partial charge is 0.180 e. The van der Waals surface area contributed by atoms with Crippen LogP contribution in [-0.4, -0.2) is 39.2 Å². The highest BCUT2D eigenvalue weighted by Crippen LogP contribution is 2.37. The Kier molecular flexibility index (Phi) is 8.52. The van der Waals surface area contributed by atoms with Crippen molar-refractivity contribution in [3.8, 4) is 11.5 Å². The van der Waals surface area contributed by atoms with Crippen molar-refractivity contribution < 1.29 is 9.47 Å². The molecule has 0 aliphatic rings. The van der Waals surface area contributed by atoms with Crippen LogP contribution in [-0.2, 0) is 13.2 Å². The van der Waals surface area contributed by atoms with Crippen LogP contribution < -0.4 is 14.8 Å². The summed E-state index contributed by atoms with van der Waals surface area (Å²) in [6.45, 7) is 3.15. The van der Waals surface area contributed by atoms with Gasteiger partial charge in [-0.25, -0.2) is 0 Å². The van der Waals surface area contributed by atoms with Gasteiger partial charge in [-0.15, -0.1) is 0 Å². The number of rotatable bonds is 10. The molecule has 0 saturated heterocycles. The van der Waals surface area contributed by atoms with Crippen molar-refractivity contribution in [3.63, 3.8) is 0 Å². The zero-order chi connectivity index (χ0) is 18.9. The molecule has 0 amide bonds. The number of halogens is 2. The summed E-state index contributed by atoms with van der Waals surface area (Å²) in [5.74, 6) is 1.19. The number of benzene rings is 2. The van der Waals surface area contributed by atoms with Crippen LogP contribution in [0.4, 0.5) is 0 Å². The van der Waals surface area contributed by atoms with Crippen molar-refractivity contribution in [1.29, 1.82) is 0 Å². The maximum absolute atomic E-state index is 6.43. The predicted molar refractivity (Wildman–Crippen MR) is 109 cm³/mol. The largest absolute Gasteiger partial charge is 0.493 e. The van der Waals surface area contributed by atoms with Gasteiger partial charge in [-0.05, 0) is 69.0 Å². The molecule has 0 radical (unpaired) electrons. The number of nitrogens with zero attached hydrogens (tertiary/aromatic N) is 1. The number of ether oxygens (including phenoxy) is 2. The van der Waals surface area contributed by atoms with Crippen LogP contribution in [0.3, 0.4) is 0 Å². The molecule has 142 valence electrons. The Balaban J connectivity index is 1.96. The fourth-order valence-corrected chi connectivity index (χ4v) is 2.92. The first-order chi connectivity index (χ1) is 12.5. The van der Waals surface area contributed by atoms with Crippen molar-refractivity contribution in [1.82, 2.24) is 10.2 Å². The Labute approximate surface area is 166 Å². The highest BCUT2D eigenvalue weighted by atomic mass is 35.5. The van der Waals surface area contributed by atoms with E-state index in [1.54, 1.807) is 7.11 Å². The van der Waals surface area contributed by atoms with E-state index in [4.69, 9.17) is 32.7 Å². The quantitative estimate of drug-likeness (QED) is 0.593. The van der Waals surface area contributed by atoms with Crippen LogP contribution in [0.15, 0.2) is 36.4 Å². The lowest BCUT2D eigenvalue weighted by molar-refractivity contribution is 0.284. The zero-order valence-corrected chi connectivity index (χ0v) is 17.0. The minimum atomic E-state index is 0.398. The lowest BCUT2D eigenvalue weighted by Crippen LogP contribution is -2.21. The summed E-state index contributed by atoms with van der Waals surface area (Å²) in [5.41, 5.74) is 2.08. The molecule has 1 N–H and O–H groups in total. The van der Waals surface area contributed by atoms with Crippen LogP contribution in [0.2, 0.25) is 10.0 Å². The van der Waals surface area contributed by atoms with Gasteiger partial charge in [0.1, 0.15) is 6.61 Å². The Bertz CT molecular complexity index is 691. The van der Waals surface area contributed by atoms with Crippen LogP contribution in [0.25, 0.3) is 0 Å². The molecule has 0 aliphatic heterocycles. The molecule has 4 nitrogen and oxygen atoms in total. The predicted octanol–water partition coefficient (Wildman–Crippen LogP) is 4.62. The maximum atomic E-state index is 6.43. The fourth-order valence-electron chi connectivity index (χ4n) is 2.50. The summed E-state index contributed by atoms with van der Waals surface area (Å²) in [4.78, 5) is 2.17. The molecule has 2 aromatic carbocycles. The summed E-state index contributed by atoms with van der Waals surface area (Å²) < 4.78 is 11.4. The third kappa shape index (κ3) is 6.69. The van der Waals surface area contributed by atoms with Gasteiger partial charge < -0.3 is 19.7 Å². The van der Waals surface area contributed by atoms with Crippen molar-refractivity contribution >= 4 is 23.2 Å². The van der Waals surface area contributed by atoms with E-state index in [-0.39, 0.29) is 0 Å². The number of methoxy groups -OCH3 is 1. The van der Waals surface area contributed by atoms with Gasteiger partial charge in [-0.3, -0.25) is 0 Å². The third-order valence-electron chi connectivity index (χ3n) is 3.87. The summed E-state index contributed by atoms with van der Waals surface area (Å²) in [6, 6.07) is 11.4. The molecule has 0 aromatic heterocycles. The van der Waals surface area contributed by atoms with E-state index in [0.29, 0.717) is 28.2 Å². The summed E-state index contributed by atoms with van der Waals surface area (Å²) in [7, 11) is 5.77. The van der Waals surface area contributed by atoms with E-state index in [1.807, 2.05) is 36.4 Å². The van der Waals surface area contributed by atoms with Gasteiger partial charge in [-0.2, -0.15) is 0 Å². The Morgan fingerprint density at radius 1 is 1.04 bits per heavy atom. The van der Waals surface area contributed by atoms with Crippen LogP contribution >= 0.6 is 23.2 Å². The van der Waals surface area contributed by atoms with Gasteiger partial charge in [0, 0.05) is 11.6 Å². The standard InChI is InChI=1S/C20H26Cl2N2O2/c1-24(2)10-4-9-23-13-16-11-18(22)20(19(12-16)25-3)26-14-15-5-7-17(21)8-6-15/h5-8,11-12,23H,4,9-10,13-14H2,1-3H3. The summed E-state index contributed by atoms with van der Waals surface area (Å²) in [5, 5.41) is 4.67. The highest BCUT2D eigenvalue weighted by molar-refractivity contribution is 6.32. The van der Waals surface area contributed by atoms with Gasteiger partial charge >= 0.3 is 0 Å². The molecule has 0 spiro atoms. The maximum Gasteiger partial charge on any atom is 0.180 e. The van der Waals surface area contributed by atoms with E-state index in [9.17, 15) is 0 Å². The first-order valence-corrected chi connectivity index (χ1v) is 9.34. The minimum Gasteiger partial charge on any atom is -0.493 e. The van der Waals surface area contributed by atoms with Crippen molar-refractivity contribution in [3.05, 3.63) is 57.6 Å². The topological polar surface area (TPSA) is 33.7 Å². The molecular weight excluding hydrogens is 371 g/mol. The second kappa shape index (κ2) is 10.6. The van der Waals surface area contributed by atoms with Crippen LogP contribution in [0.5, 0.6) is 11.5 Å². The first-order valence-electron chi connectivity index (χ1n) is 8.58. The summed E-state index contributed by atoms with van der Waals surface area (Å²) in [6.07, 6.45) is 1.10. The molecule has 6 heteroatoms. The second-order valence-corrected chi connectivity index (χ2v) is 7.20. The molecular formula is C20H26Cl2N2O2.